The summed E-state index contributed by atoms with van der Waals surface area (Å²) in [6, 6.07) is 12.8. The third kappa shape index (κ3) is 5.69. The highest BCUT2D eigenvalue weighted by Gasteiger charge is 2.31. The molecule has 0 saturated carbocycles. The molecule has 0 spiro atoms. The van der Waals surface area contributed by atoms with Crippen LogP contribution in [0.15, 0.2) is 67.5 Å². The number of fused-ring (bicyclic) bond motifs is 1. The first-order valence-corrected chi connectivity index (χ1v) is 13.1. The zero-order valence-corrected chi connectivity index (χ0v) is 22.0. The second kappa shape index (κ2) is 11.4. The fraction of sp³-hybridized carbons (Fsp3) is 0.286. The predicted octanol–water partition coefficient (Wildman–Crippen LogP) is 6.08. The third-order valence-corrected chi connectivity index (χ3v) is 7.50. The van der Waals surface area contributed by atoms with Crippen LogP contribution in [0.25, 0.3) is 0 Å². The maximum atomic E-state index is 12.7. The normalized spacial score (nSPS) is 15.8. The number of aromatic nitrogens is 4. The van der Waals surface area contributed by atoms with Crippen molar-refractivity contribution in [3.63, 3.8) is 0 Å². The van der Waals surface area contributed by atoms with Crippen molar-refractivity contribution in [3.05, 3.63) is 111 Å². The highest BCUT2D eigenvalue weighted by atomic mass is 35.5. The minimum Gasteiger partial charge on any atom is -0.348 e. The number of rotatable bonds is 8. The van der Waals surface area contributed by atoms with Crippen LogP contribution in [-0.4, -0.2) is 30.7 Å². The van der Waals surface area contributed by atoms with Crippen LogP contribution in [0.1, 0.15) is 70.3 Å². The van der Waals surface area contributed by atoms with Crippen molar-refractivity contribution < 1.29 is 4.79 Å². The molecule has 9 heteroatoms. The number of aryl methyl sites for hydroxylation is 1. The molecule has 0 aliphatic heterocycles. The van der Waals surface area contributed by atoms with Crippen molar-refractivity contribution in [2.45, 2.75) is 51.4 Å². The first-order valence-electron chi connectivity index (χ1n) is 12.3. The first kappa shape index (κ1) is 25.4. The van der Waals surface area contributed by atoms with Gasteiger partial charge in [0.1, 0.15) is 0 Å². The Hall–Kier alpha value is -3.26. The zero-order valence-electron chi connectivity index (χ0n) is 20.5. The molecule has 2 atom stereocenters. The summed E-state index contributed by atoms with van der Waals surface area (Å²) in [5.41, 5.74) is 5.93. The van der Waals surface area contributed by atoms with Gasteiger partial charge in [0, 0.05) is 43.9 Å². The van der Waals surface area contributed by atoms with Crippen molar-refractivity contribution in [2.75, 3.05) is 0 Å². The van der Waals surface area contributed by atoms with Crippen molar-refractivity contribution in [1.82, 2.24) is 30.2 Å². The lowest BCUT2D eigenvalue weighted by atomic mass is 9.89. The number of hydrogen-bond acceptors (Lipinski definition) is 5. The van der Waals surface area contributed by atoms with Crippen LogP contribution in [0, 0.1) is 0 Å². The van der Waals surface area contributed by atoms with E-state index < -0.39 is 0 Å². The summed E-state index contributed by atoms with van der Waals surface area (Å²) in [7, 11) is 0. The number of carbonyl (C=O) groups is 1. The summed E-state index contributed by atoms with van der Waals surface area (Å²) >= 11 is 12.3. The second-order valence-corrected chi connectivity index (χ2v) is 10.1. The van der Waals surface area contributed by atoms with Gasteiger partial charge in [0.15, 0.2) is 0 Å². The second-order valence-electron chi connectivity index (χ2n) is 9.29. The Labute approximate surface area is 226 Å². The molecule has 0 bridgehead atoms. The Morgan fingerprint density at radius 3 is 2.73 bits per heavy atom. The number of nitrogens with zero attached hydrogens (tertiary/aromatic N) is 4. The van der Waals surface area contributed by atoms with Gasteiger partial charge < -0.3 is 10.3 Å². The number of H-pyrrole nitrogens is 1. The Balaban J connectivity index is 1.37. The van der Waals surface area contributed by atoms with Gasteiger partial charge in [-0.2, -0.15) is 0 Å². The SMILES string of the molecule is CC(c1cnc[nH]1)N(Cc1cccc(CNC(=O)c2c(Cl)cncc2Cl)c1)C1CCCc2cccnc21. The van der Waals surface area contributed by atoms with Gasteiger partial charge in [-0.25, -0.2) is 4.98 Å². The number of benzene rings is 1. The van der Waals surface area contributed by atoms with Gasteiger partial charge in [-0.3, -0.25) is 19.7 Å². The fourth-order valence-electron chi connectivity index (χ4n) is 5.05. The minimum absolute atomic E-state index is 0.111. The van der Waals surface area contributed by atoms with Crippen LogP contribution in [-0.2, 0) is 19.5 Å². The molecule has 7 nitrogen and oxygen atoms in total. The summed E-state index contributed by atoms with van der Waals surface area (Å²) in [5, 5.41) is 3.38. The molecule has 1 aliphatic rings. The van der Waals surface area contributed by atoms with E-state index in [9.17, 15) is 4.79 Å². The lowest BCUT2D eigenvalue weighted by molar-refractivity contribution is 0.0951. The molecule has 5 rings (SSSR count). The number of pyridine rings is 2. The topological polar surface area (TPSA) is 86.8 Å². The fourth-order valence-corrected chi connectivity index (χ4v) is 5.58. The van der Waals surface area contributed by atoms with Crippen LogP contribution in [0.4, 0.5) is 0 Å². The molecule has 0 saturated heterocycles. The van der Waals surface area contributed by atoms with E-state index in [1.807, 2.05) is 30.6 Å². The van der Waals surface area contributed by atoms with Crippen molar-refractivity contribution in [3.8, 4) is 0 Å². The number of amides is 1. The molecule has 190 valence electrons. The average molecular weight is 535 g/mol. The third-order valence-electron chi connectivity index (χ3n) is 6.92. The monoisotopic (exact) mass is 534 g/mol. The molecular formula is C28H28Cl2N6O. The number of aromatic amines is 1. The summed E-state index contributed by atoms with van der Waals surface area (Å²) < 4.78 is 0. The van der Waals surface area contributed by atoms with E-state index in [1.54, 1.807) is 6.33 Å². The van der Waals surface area contributed by atoms with Crippen molar-refractivity contribution in [2.24, 2.45) is 0 Å². The molecule has 4 aromatic rings. The molecule has 2 unspecified atom stereocenters. The lowest BCUT2D eigenvalue weighted by Gasteiger charge is -2.38. The van der Waals surface area contributed by atoms with Gasteiger partial charge in [0.2, 0.25) is 0 Å². The zero-order chi connectivity index (χ0) is 25.8. The largest absolute Gasteiger partial charge is 0.348 e. The molecule has 0 fully saturated rings. The van der Waals surface area contributed by atoms with Gasteiger partial charge in [0.05, 0.1) is 39.4 Å². The molecule has 1 aliphatic carbocycles. The van der Waals surface area contributed by atoms with E-state index in [2.05, 4.69) is 50.3 Å². The standard InChI is InChI=1S/C28H28Cl2N6O/c1-18(24-15-32-17-35-24)36(25-9-3-7-21-8-4-10-33-27(21)25)16-20-6-2-5-19(11-20)12-34-28(37)26-22(29)13-31-14-23(26)30/h2,4-6,8,10-11,13-15,17-18,25H,3,7,9,12,16H2,1H3,(H,32,35)(H,34,37). The van der Waals surface area contributed by atoms with Crippen LogP contribution in [0.2, 0.25) is 10.0 Å². The van der Waals surface area contributed by atoms with E-state index in [4.69, 9.17) is 28.2 Å². The number of hydrogen-bond donors (Lipinski definition) is 2. The Bertz CT molecular complexity index is 1360. The molecule has 1 aromatic carbocycles. The van der Waals surface area contributed by atoms with Crippen LogP contribution < -0.4 is 5.32 Å². The predicted molar refractivity (Wildman–Crippen MR) is 144 cm³/mol. The van der Waals surface area contributed by atoms with Crippen LogP contribution >= 0.6 is 23.2 Å². The maximum Gasteiger partial charge on any atom is 0.254 e. The Morgan fingerprint density at radius 1 is 1.14 bits per heavy atom. The molecular weight excluding hydrogens is 507 g/mol. The summed E-state index contributed by atoms with van der Waals surface area (Å²) in [6.07, 6.45) is 11.6. The lowest BCUT2D eigenvalue weighted by Crippen LogP contribution is -2.34. The van der Waals surface area contributed by atoms with Crippen molar-refractivity contribution in [1.29, 1.82) is 0 Å². The highest BCUT2D eigenvalue weighted by molar-refractivity contribution is 6.39. The van der Waals surface area contributed by atoms with E-state index in [0.29, 0.717) is 6.54 Å². The highest BCUT2D eigenvalue weighted by Crippen LogP contribution is 2.38. The molecule has 2 N–H and O–H groups in total. The number of halogens is 2. The van der Waals surface area contributed by atoms with Gasteiger partial charge in [-0.15, -0.1) is 0 Å². The van der Waals surface area contributed by atoms with E-state index in [1.165, 1.54) is 18.0 Å². The summed E-state index contributed by atoms with van der Waals surface area (Å²) in [4.78, 5) is 31.5. The number of imidazole rings is 1. The van der Waals surface area contributed by atoms with Crippen molar-refractivity contribution >= 4 is 29.1 Å². The van der Waals surface area contributed by atoms with E-state index in [0.717, 1.165) is 48.3 Å². The molecule has 37 heavy (non-hydrogen) atoms. The Morgan fingerprint density at radius 2 is 1.95 bits per heavy atom. The smallest absolute Gasteiger partial charge is 0.254 e. The van der Waals surface area contributed by atoms with E-state index in [-0.39, 0.29) is 33.6 Å². The summed E-state index contributed by atoms with van der Waals surface area (Å²) in [5.74, 6) is -0.331. The molecule has 0 radical (unpaired) electrons. The van der Waals surface area contributed by atoms with Gasteiger partial charge >= 0.3 is 0 Å². The maximum absolute atomic E-state index is 12.7. The number of carbonyl (C=O) groups excluding carboxylic acids is 1. The minimum atomic E-state index is -0.331. The van der Waals surface area contributed by atoms with E-state index >= 15 is 0 Å². The quantitative estimate of drug-likeness (QED) is 0.286. The van der Waals surface area contributed by atoms with Gasteiger partial charge in [-0.05, 0) is 48.9 Å². The van der Waals surface area contributed by atoms with Crippen LogP contribution in [0.5, 0.6) is 0 Å². The van der Waals surface area contributed by atoms with Crippen LogP contribution in [0.3, 0.4) is 0 Å². The van der Waals surface area contributed by atoms with Gasteiger partial charge in [0.25, 0.3) is 5.91 Å². The number of nitrogens with one attached hydrogen (secondary N) is 2. The summed E-state index contributed by atoms with van der Waals surface area (Å²) in [6.45, 7) is 3.28. The molecule has 1 amide bonds. The molecule has 3 heterocycles. The first-order chi connectivity index (χ1) is 18.0. The average Bonchev–Trinajstić information content (AvgIpc) is 3.45. The molecule has 3 aromatic heterocycles. The van der Waals surface area contributed by atoms with Gasteiger partial charge in [-0.1, -0.05) is 53.5 Å². The Kier molecular flexibility index (Phi) is 7.84.